The smallest absolute Gasteiger partial charge is 0.319 e. The highest BCUT2D eigenvalue weighted by atomic mass is 19.1. The van der Waals surface area contributed by atoms with E-state index in [-0.39, 0.29) is 24.5 Å². The van der Waals surface area contributed by atoms with Gasteiger partial charge in [0.1, 0.15) is 0 Å². The molecule has 7 nitrogen and oxygen atoms in total. The van der Waals surface area contributed by atoms with Crippen LogP contribution in [0.25, 0.3) is 16.9 Å². The highest BCUT2D eigenvalue weighted by Crippen LogP contribution is 2.49. The first-order chi connectivity index (χ1) is 11.7. The normalized spacial score (nSPS) is 19.5. The van der Waals surface area contributed by atoms with Gasteiger partial charge in [0.2, 0.25) is 5.88 Å². The molecule has 0 saturated heterocycles. The van der Waals surface area contributed by atoms with Crippen molar-refractivity contribution in [3.8, 4) is 23.1 Å². The first kappa shape index (κ1) is 14.8. The zero-order valence-corrected chi connectivity index (χ0v) is 13.3. The fraction of sp³-hybridized carbons (Fsp3) is 0.375. The van der Waals surface area contributed by atoms with Gasteiger partial charge in [0.15, 0.2) is 5.65 Å². The van der Waals surface area contributed by atoms with E-state index in [2.05, 4.69) is 20.1 Å². The van der Waals surface area contributed by atoms with Crippen molar-refractivity contribution in [2.45, 2.75) is 12.3 Å². The first-order valence-electron chi connectivity index (χ1n) is 7.60. The molecule has 0 amide bonds. The van der Waals surface area contributed by atoms with Gasteiger partial charge in [0.25, 0.3) is 0 Å². The SMILES string of the molecule is COc1ncc(-c2cc([C@H]3C[C@@H]3CF)c3nccn3n2)c(OC)n1. The van der Waals surface area contributed by atoms with Crippen molar-refractivity contribution in [1.82, 2.24) is 24.6 Å². The van der Waals surface area contributed by atoms with Gasteiger partial charge in [-0.1, -0.05) is 0 Å². The van der Waals surface area contributed by atoms with E-state index in [1.165, 1.54) is 14.2 Å². The number of halogens is 1. The van der Waals surface area contributed by atoms with Crippen LogP contribution in [0, 0.1) is 5.92 Å². The Hall–Kier alpha value is -2.77. The standard InChI is InChI=1S/C16H16FN5O2/c1-23-15-12(8-19-16(20-15)24-2)13-6-11(10-5-9(10)7-17)14-18-3-4-22(14)21-13/h3-4,6,8-10H,5,7H2,1-2H3/t9-,10+/m1/s1. The predicted molar refractivity (Wildman–Crippen MR) is 83.9 cm³/mol. The molecule has 4 rings (SSSR count). The molecule has 124 valence electrons. The Balaban J connectivity index is 1.86. The number of hydrogen-bond donors (Lipinski definition) is 0. The van der Waals surface area contributed by atoms with Crippen molar-refractivity contribution in [1.29, 1.82) is 0 Å². The summed E-state index contributed by atoms with van der Waals surface area (Å²) in [5.74, 6) is 0.610. The van der Waals surface area contributed by atoms with Crippen molar-refractivity contribution < 1.29 is 13.9 Å². The molecule has 1 aliphatic rings. The second kappa shape index (κ2) is 5.70. The Labute approximate surface area is 137 Å². The van der Waals surface area contributed by atoms with Crippen molar-refractivity contribution in [2.24, 2.45) is 5.92 Å². The number of imidazole rings is 1. The molecule has 3 aromatic rings. The Morgan fingerprint density at radius 2 is 2.17 bits per heavy atom. The van der Waals surface area contributed by atoms with E-state index in [0.717, 1.165) is 17.6 Å². The van der Waals surface area contributed by atoms with Crippen LogP contribution in [0.1, 0.15) is 17.9 Å². The lowest BCUT2D eigenvalue weighted by Gasteiger charge is -2.10. The van der Waals surface area contributed by atoms with E-state index in [0.29, 0.717) is 17.1 Å². The van der Waals surface area contributed by atoms with Gasteiger partial charge in [-0.25, -0.2) is 14.5 Å². The summed E-state index contributed by atoms with van der Waals surface area (Å²) in [7, 11) is 3.02. The molecular weight excluding hydrogens is 313 g/mol. The molecule has 0 bridgehead atoms. The van der Waals surface area contributed by atoms with Crippen LogP contribution in [0.5, 0.6) is 11.9 Å². The third-order valence-corrected chi connectivity index (χ3v) is 4.29. The van der Waals surface area contributed by atoms with Crippen LogP contribution in [0.4, 0.5) is 4.39 Å². The van der Waals surface area contributed by atoms with E-state index >= 15 is 0 Å². The first-order valence-corrected chi connectivity index (χ1v) is 7.60. The topological polar surface area (TPSA) is 74.4 Å². The average Bonchev–Trinajstić information content (AvgIpc) is 3.27. The molecule has 0 aliphatic heterocycles. The van der Waals surface area contributed by atoms with Gasteiger partial charge in [0.05, 0.1) is 32.2 Å². The summed E-state index contributed by atoms with van der Waals surface area (Å²) in [5, 5.41) is 4.55. The van der Waals surface area contributed by atoms with Gasteiger partial charge in [-0.3, -0.25) is 4.39 Å². The minimum atomic E-state index is -0.315. The maximum absolute atomic E-state index is 13.0. The summed E-state index contributed by atoms with van der Waals surface area (Å²) in [6.45, 7) is -0.315. The Morgan fingerprint density at radius 1 is 1.29 bits per heavy atom. The molecule has 8 heteroatoms. The van der Waals surface area contributed by atoms with Crippen molar-refractivity contribution in [2.75, 3.05) is 20.9 Å². The molecule has 3 heterocycles. The van der Waals surface area contributed by atoms with Crippen molar-refractivity contribution in [3.05, 3.63) is 30.2 Å². The summed E-state index contributed by atoms with van der Waals surface area (Å²) in [6.07, 6.45) is 5.90. The molecule has 1 aliphatic carbocycles. The van der Waals surface area contributed by atoms with Crippen LogP contribution in [-0.4, -0.2) is 45.5 Å². The predicted octanol–water partition coefficient (Wildman–Crippen LogP) is 2.28. The molecule has 24 heavy (non-hydrogen) atoms. The maximum atomic E-state index is 13.0. The highest BCUT2D eigenvalue weighted by molar-refractivity contribution is 5.67. The van der Waals surface area contributed by atoms with E-state index in [4.69, 9.17) is 9.47 Å². The lowest BCUT2D eigenvalue weighted by Crippen LogP contribution is -2.02. The van der Waals surface area contributed by atoms with Gasteiger partial charge < -0.3 is 9.47 Å². The van der Waals surface area contributed by atoms with E-state index < -0.39 is 0 Å². The van der Waals surface area contributed by atoms with Gasteiger partial charge in [-0.2, -0.15) is 10.1 Å². The molecular formula is C16H16FN5O2. The van der Waals surface area contributed by atoms with Crippen LogP contribution in [0.2, 0.25) is 0 Å². The third kappa shape index (κ3) is 2.34. The van der Waals surface area contributed by atoms with Crippen LogP contribution >= 0.6 is 0 Å². The Bertz CT molecular complexity index is 897. The highest BCUT2D eigenvalue weighted by Gasteiger charge is 2.40. The van der Waals surface area contributed by atoms with E-state index in [1.807, 2.05) is 6.07 Å². The third-order valence-electron chi connectivity index (χ3n) is 4.29. The molecule has 2 atom stereocenters. The Kier molecular flexibility index (Phi) is 3.51. The summed E-state index contributed by atoms with van der Waals surface area (Å²) >= 11 is 0. The van der Waals surface area contributed by atoms with E-state index in [1.54, 1.807) is 23.1 Å². The summed E-state index contributed by atoms with van der Waals surface area (Å²) < 4.78 is 25.0. The maximum Gasteiger partial charge on any atom is 0.319 e. The lowest BCUT2D eigenvalue weighted by atomic mass is 10.1. The fourth-order valence-corrected chi connectivity index (χ4v) is 2.93. The monoisotopic (exact) mass is 329 g/mol. The second-order valence-corrected chi connectivity index (χ2v) is 5.72. The number of rotatable bonds is 5. The van der Waals surface area contributed by atoms with Crippen LogP contribution < -0.4 is 9.47 Å². The number of fused-ring (bicyclic) bond motifs is 1. The zero-order chi connectivity index (χ0) is 16.7. The number of methoxy groups -OCH3 is 2. The molecule has 0 unspecified atom stereocenters. The second-order valence-electron chi connectivity index (χ2n) is 5.72. The van der Waals surface area contributed by atoms with Gasteiger partial charge in [-0.15, -0.1) is 0 Å². The number of aromatic nitrogens is 5. The Morgan fingerprint density at radius 3 is 2.88 bits per heavy atom. The van der Waals surface area contributed by atoms with Gasteiger partial charge in [-0.05, 0) is 24.3 Å². The zero-order valence-electron chi connectivity index (χ0n) is 13.3. The summed E-state index contributed by atoms with van der Waals surface area (Å²) in [4.78, 5) is 12.7. The van der Waals surface area contributed by atoms with Crippen LogP contribution in [-0.2, 0) is 0 Å². The largest absolute Gasteiger partial charge is 0.480 e. The number of nitrogens with zero attached hydrogens (tertiary/aromatic N) is 5. The van der Waals surface area contributed by atoms with Gasteiger partial charge >= 0.3 is 6.01 Å². The average molecular weight is 329 g/mol. The fourth-order valence-electron chi connectivity index (χ4n) is 2.93. The number of ether oxygens (including phenoxy) is 2. The van der Waals surface area contributed by atoms with Crippen molar-refractivity contribution >= 4 is 5.65 Å². The van der Waals surface area contributed by atoms with E-state index in [9.17, 15) is 4.39 Å². The molecule has 1 fully saturated rings. The van der Waals surface area contributed by atoms with Crippen LogP contribution in [0.15, 0.2) is 24.7 Å². The molecule has 0 N–H and O–H groups in total. The minimum Gasteiger partial charge on any atom is -0.480 e. The number of hydrogen-bond acceptors (Lipinski definition) is 6. The quantitative estimate of drug-likeness (QED) is 0.715. The van der Waals surface area contributed by atoms with Gasteiger partial charge in [0, 0.05) is 24.2 Å². The summed E-state index contributed by atoms with van der Waals surface area (Å²) in [5.41, 5.74) is 3.05. The lowest BCUT2D eigenvalue weighted by molar-refractivity contribution is 0.353. The molecule has 0 aromatic carbocycles. The minimum absolute atomic E-state index is 0.0646. The number of alkyl halides is 1. The van der Waals surface area contributed by atoms with Crippen molar-refractivity contribution in [3.63, 3.8) is 0 Å². The molecule has 3 aromatic heterocycles. The molecule has 0 radical (unpaired) electrons. The molecule has 0 spiro atoms. The summed E-state index contributed by atoms with van der Waals surface area (Å²) in [6, 6.07) is 2.15. The molecule has 1 saturated carbocycles. The van der Waals surface area contributed by atoms with Crippen LogP contribution in [0.3, 0.4) is 0 Å².